The molecule has 1 aromatic carbocycles. The van der Waals surface area contributed by atoms with Crippen molar-refractivity contribution in [1.29, 1.82) is 0 Å². The number of rotatable bonds is 5. The molecule has 0 saturated heterocycles. The van der Waals surface area contributed by atoms with Gasteiger partial charge >= 0.3 is 0 Å². The first kappa shape index (κ1) is 15.3. The van der Waals surface area contributed by atoms with Crippen molar-refractivity contribution >= 4 is 57.6 Å². The molecule has 2 N–H and O–H groups in total. The second-order valence-electron chi connectivity index (χ2n) is 4.73. The van der Waals surface area contributed by atoms with E-state index in [1.807, 2.05) is 13.8 Å². The number of hydrogen-bond acceptors (Lipinski definition) is 5. The minimum atomic E-state index is -0.0962. The highest BCUT2D eigenvalue weighted by Crippen LogP contribution is 2.34. The fraction of sp³-hybridized carbons (Fsp3) is 0.417. The van der Waals surface area contributed by atoms with Gasteiger partial charge in [0.05, 0.1) is 34.0 Å². The normalized spacial score (nSPS) is 11.1. The molecule has 0 bridgehead atoms. The van der Waals surface area contributed by atoms with Crippen molar-refractivity contribution in [2.24, 2.45) is 5.92 Å². The number of carbonyl (C=O) groups excluding carboxylic acids is 1. The molecule has 0 unspecified atom stereocenters. The van der Waals surface area contributed by atoms with Crippen LogP contribution in [0, 0.1) is 5.92 Å². The largest absolute Gasteiger partial charge is 0.373 e. The van der Waals surface area contributed by atoms with Crippen molar-refractivity contribution in [1.82, 2.24) is 14.1 Å². The molecule has 108 valence electrons. The second kappa shape index (κ2) is 6.56. The molecule has 20 heavy (non-hydrogen) atoms. The molecule has 0 aliphatic carbocycles. The summed E-state index contributed by atoms with van der Waals surface area (Å²) in [5, 5.41) is 6.69. The van der Waals surface area contributed by atoms with Gasteiger partial charge in [0.2, 0.25) is 5.91 Å². The average Bonchev–Trinajstić information content (AvgIpc) is 2.85. The van der Waals surface area contributed by atoms with Gasteiger partial charge in [-0.15, -0.1) is 0 Å². The van der Waals surface area contributed by atoms with Gasteiger partial charge in [-0.3, -0.25) is 4.79 Å². The Bertz CT molecular complexity index is 629. The van der Waals surface area contributed by atoms with E-state index in [-0.39, 0.29) is 12.5 Å². The zero-order valence-corrected chi connectivity index (χ0v) is 13.4. The fourth-order valence-corrected chi connectivity index (χ4v) is 2.77. The molecular formula is C12H14Cl2N4OS. The van der Waals surface area contributed by atoms with Crippen LogP contribution in [0.2, 0.25) is 10.0 Å². The van der Waals surface area contributed by atoms with E-state index in [0.717, 1.165) is 11.7 Å². The summed E-state index contributed by atoms with van der Waals surface area (Å²) >= 11 is 13.2. The number of anilines is 1. The summed E-state index contributed by atoms with van der Waals surface area (Å²) in [6, 6.07) is 1.60. The van der Waals surface area contributed by atoms with Gasteiger partial charge in [-0.1, -0.05) is 37.0 Å². The van der Waals surface area contributed by atoms with Crippen LogP contribution in [0.4, 0.5) is 5.69 Å². The third-order valence-corrected chi connectivity index (χ3v) is 3.69. The maximum atomic E-state index is 11.7. The van der Waals surface area contributed by atoms with Crippen LogP contribution < -0.4 is 10.6 Å². The van der Waals surface area contributed by atoms with Crippen LogP contribution in [0.1, 0.15) is 13.8 Å². The van der Waals surface area contributed by atoms with Crippen molar-refractivity contribution < 1.29 is 4.79 Å². The van der Waals surface area contributed by atoms with E-state index in [9.17, 15) is 4.79 Å². The minimum absolute atomic E-state index is 0.0962. The Labute approximate surface area is 131 Å². The van der Waals surface area contributed by atoms with Crippen molar-refractivity contribution in [2.75, 3.05) is 18.4 Å². The highest BCUT2D eigenvalue weighted by atomic mass is 35.5. The zero-order valence-electron chi connectivity index (χ0n) is 11.0. The monoisotopic (exact) mass is 332 g/mol. The molecule has 0 aliphatic heterocycles. The van der Waals surface area contributed by atoms with E-state index in [4.69, 9.17) is 23.2 Å². The van der Waals surface area contributed by atoms with E-state index in [2.05, 4.69) is 19.4 Å². The first-order chi connectivity index (χ1) is 9.49. The van der Waals surface area contributed by atoms with E-state index < -0.39 is 0 Å². The summed E-state index contributed by atoms with van der Waals surface area (Å²) in [6.45, 7) is 4.84. The van der Waals surface area contributed by atoms with Crippen LogP contribution in [0.15, 0.2) is 6.07 Å². The maximum Gasteiger partial charge on any atom is 0.239 e. The lowest BCUT2D eigenvalue weighted by molar-refractivity contribution is -0.119. The van der Waals surface area contributed by atoms with Crippen LogP contribution in [0.25, 0.3) is 11.0 Å². The van der Waals surface area contributed by atoms with Crippen molar-refractivity contribution in [3.05, 3.63) is 16.1 Å². The number of fused-ring (bicyclic) bond motifs is 1. The van der Waals surface area contributed by atoms with E-state index in [1.165, 1.54) is 0 Å². The van der Waals surface area contributed by atoms with E-state index in [1.54, 1.807) is 6.07 Å². The number of carbonyl (C=O) groups is 1. The number of benzene rings is 1. The van der Waals surface area contributed by atoms with Gasteiger partial charge < -0.3 is 10.6 Å². The third-order valence-electron chi connectivity index (χ3n) is 2.58. The Balaban J connectivity index is 2.10. The van der Waals surface area contributed by atoms with Crippen LogP contribution in [-0.2, 0) is 4.79 Å². The molecule has 0 saturated carbocycles. The van der Waals surface area contributed by atoms with Gasteiger partial charge in [-0.2, -0.15) is 8.75 Å². The molecule has 0 atom stereocenters. The molecule has 1 amide bonds. The van der Waals surface area contributed by atoms with Crippen LogP contribution in [-0.4, -0.2) is 27.7 Å². The summed E-state index contributed by atoms with van der Waals surface area (Å²) in [5.74, 6) is 0.313. The molecule has 0 radical (unpaired) electrons. The summed E-state index contributed by atoms with van der Waals surface area (Å²) in [5.41, 5.74) is 1.76. The van der Waals surface area contributed by atoms with E-state index in [0.29, 0.717) is 39.2 Å². The minimum Gasteiger partial charge on any atom is -0.373 e. The number of hydrogen-bond donors (Lipinski definition) is 2. The molecule has 0 spiro atoms. The fourth-order valence-electron chi connectivity index (χ4n) is 1.59. The predicted molar refractivity (Wildman–Crippen MR) is 83.8 cm³/mol. The Morgan fingerprint density at radius 3 is 2.70 bits per heavy atom. The standard InChI is InChI=1S/C12H14Cl2N4OS/c1-6(2)4-15-9(19)5-16-10-7(13)3-8(14)11-12(10)18-20-17-11/h3,6,16H,4-5H2,1-2H3,(H,15,19). The molecule has 1 aromatic heterocycles. The molecule has 0 aliphatic rings. The molecule has 8 heteroatoms. The molecular weight excluding hydrogens is 319 g/mol. The van der Waals surface area contributed by atoms with Crippen molar-refractivity contribution in [2.45, 2.75) is 13.8 Å². The molecule has 2 aromatic rings. The van der Waals surface area contributed by atoms with Gasteiger partial charge in [0.1, 0.15) is 11.0 Å². The van der Waals surface area contributed by atoms with Crippen LogP contribution >= 0.6 is 34.9 Å². The van der Waals surface area contributed by atoms with Crippen molar-refractivity contribution in [3.8, 4) is 0 Å². The van der Waals surface area contributed by atoms with Gasteiger partial charge in [0, 0.05) is 6.54 Å². The quantitative estimate of drug-likeness (QED) is 0.882. The molecule has 1 heterocycles. The molecule has 0 fully saturated rings. The lowest BCUT2D eigenvalue weighted by atomic mass is 10.2. The summed E-state index contributed by atoms with van der Waals surface area (Å²) in [7, 11) is 0. The van der Waals surface area contributed by atoms with Gasteiger partial charge in [-0.05, 0) is 12.0 Å². The zero-order chi connectivity index (χ0) is 14.7. The average molecular weight is 333 g/mol. The van der Waals surface area contributed by atoms with Crippen molar-refractivity contribution in [3.63, 3.8) is 0 Å². The van der Waals surface area contributed by atoms with Gasteiger partial charge in [-0.25, -0.2) is 0 Å². The number of aromatic nitrogens is 2. The first-order valence-corrected chi connectivity index (χ1v) is 7.58. The highest BCUT2D eigenvalue weighted by Gasteiger charge is 2.14. The number of nitrogens with one attached hydrogen (secondary N) is 2. The lowest BCUT2D eigenvalue weighted by Crippen LogP contribution is -2.32. The van der Waals surface area contributed by atoms with Crippen LogP contribution in [0.3, 0.4) is 0 Å². The SMILES string of the molecule is CC(C)CNC(=O)CNc1c(Cl)cc(Cl)c2nsnc12. The Morgan fingerprint density at radius 2 is 2.00 bits per heavy atom. The lowest BCUT2D eigenvalue weighted by Gasteiger charge is -2.11. The summed E-state index contributed by atoms with van der Waals surface area (Å²) in [6.07, 6.45) is 0. The first-order valence-electron chi connectivity index (χ1n) is 6.10. The van der Waals surface area contributed by atoms with Gasteiger partial charge in [0.15, 0.2) is 0 Å². The third kappa shape index (κ3) is 3.50. The smallest absolute Gasteiger partial charge is 0.239 e. The van der Waals surface area contributed by atoms with Gasteiger partial charge in [0.25, 0.3) is 0 Å². The topological polar surface area (TPSA) is 66.9 Å². The Morgan fingerprint density at radius 1 is 1.30 bits per heavy atom. The highest BCUT2D eigenvalue weighted by molar-refractivity contribution is 7.00. The van der Waals surface area contributed by atoms with E-state index >= 15 is 0 Å². The predicted octanol–water partition coefficient (Wildman–Crippen LogP) is 3.18. The molecule has 5 nitrogen and oxygen atoms in total. The summed E-state index contributed by atoms with van der Waals surface area (Å²) < 4.78 is 8.27. The Hall–Kier alpha value is -1.11. The maximum absolute atomic E-state index is 11.7. The molecule has 2 rings (SSSR count). The van der Waals surface area contributed by atoms with Crippen LogP contribution in [0.5, 0.6) is 0 Å². The Kier molecular flexibility index (Phi) is 5.01. The number of amides is 1. The number of halogens is 2. The summed E-state index contributed by atoms with van der Waals surface area (Å²) in [4.78, 5) is 11.7. The number of nitrogens with zero attached hydrogens (tertiary/aromatic N) is 2. The second-order valence-corrected chi connectivity index (χ2v) is 6.07.